The molecule has 2 aromatic carbocycles. The van der Waals surface area contributed by atoms with E-state index >= 15 is 0 Å². The second kappa shape index (κ2) is 7.42. The van der Waals surface area contributed by atoms with E-state index in [-0.39, 0.29) is 12.7 Å². The van der Waals surface area contributed by atoms with Crippen molar-refractivity contribution in [3.63, 3.8) is 0 Å². The number of rotatable bonds is 3. The predicted octanol–water partition coefficient (Wildman–Crippen LogP) is 4.07. The second-order valence-electron chi connectivity index (χ2n) is 6.31. The smallest absolute Gasteiger partial charge is 0.410 e. The van der Waals surface area contributed by atoms with Gasteiger partial charge in [0.25, 0.3) is 0 Å². The number of likely N-dealkylation sites (tertiary alicyclic amines) is 1. The molecule has 1 heterocycles. The second-order valence-corrected chi connectivity index (χ2v) is 6.74. The van der Waals surface area contributed by atoms with Gasteiger partial charge >= 0.3 is 6.09 Å². The number of piperidine rings is 1. The first-order chi connectivity index (χ1) is 12.0. The van der Waals surface area contributed by atoms with Crippen LogP contribution in [0.25, 0.3) is 0 Å². The first-order valence-electron chi connectivity index (χ1n) is 8.18. The van der Waals surface area contributed by atoms with Gasteiger partial charge in [0, 0.05) is 29.2 Å². The number of benzene rings is 2. The Morgan fingerprint density at radius 3 is 2.52 bits per heavy atom. The Bertz CT molecular complexity index is 746. The quantitative estimate of drug-likeness (QED) is 0.895. The van der Waals surface area contributed by atoms with E-state index in [0.29, 0.717) is 36.5 Å². The highest BCUT2D eigenvalue weighted by molar-refractivity contribution is 6.30. The van der Waals surface area contributed by atoms with Crippen molar-refractivity contribution >= 4 is 17.7 Å². The fourth-order valence-corrected chi connectivity index (χ4v) is 3.22. The number of carbonyl (C=O) groups is 1. The molecule has 0 atom stereocenters. The molecule has 25 heavy (non-hydrogen) atoms. The van der Waals surface area contributed by atoms with E-state index in [1.54, 1.807) is 17.0 Å². The molecular formula is C19H20ClFN2O2. The molecule has 132 valence electrons. The number of halogens is 2. The van der Waals surface area contributed by atoms with E-state index in [2.05, 4.69) is 0 Å². The first kappa shape index (κ1) is 17.7. The van der Waals surface area contributed by atoms with Crippen LogP contribution in [0.5, 0.6) is 0 Å². The lowest BCUT2D eigenvalue weighted by Crippen LogP contribution is -2.50. The topological polar surface area (TPSA) is 55.6 Å². The molecule has 1 fully saturated rings. The molecule has 1 aliphatic heterocycles. The summed E-state index contributed by atoms with van der Waals surface area (Å²) in [6.07, 6.45) is 0.556. The van der Waals surface area contributed by atoms with Crippen LogP contribution in [-0.2, 0) is 16.9 Å². The van der Waals surface area contributed by atoms with Crippen LogP contribution in [0.15, 0.2) is 48.5 Å². The van der Waals surface area contributed by atoms with Crippen molar-refractivity contribution in [1.82, 2.24) is 4.90 Å². The van der Waals surface area contributed by atoms with Crippen LogP contribution in [-0.4, -0.2) is 24.1 Å². The molecule has 0 bridgehead atoms. The van der Waals surface area contributed by atoms with Gasteiger partial charge in [-0.15, -0.1) is 0 Å². The molecule has 2 N–H and O–H groups in total. The van der Waals surface area contributed by atoms with Crippen LogP contribution in [0.1, 0.15) is 24.0 Å². The van der Waals surface area contributed by atoms with Gasteiger partial charge in [-0.05, 0) is 30.5 Å². The van der Waals surface area contributed by atoms with Crippen molar-refractivity contribution in [2.24, 2.45) is 5.73 Å². The van der Waals surface area contributed by atoms with Crippen molar-refractivity contribution < 1.29 is 13.9 Å². The molecule has 2 aromatic rings. The van der Waals surface area contributed by atoms with E-state index in [1.165, 1.54) is 6.07 Å². The predicted molar refractivity (Wildman–Crippen MR) is 94.7 cm³/mol. The van der Waals surface area contributed by atoms with Gasteiger partial charge in [-0.25, -0.2) is 9.18 Å². The summed E-state index contributed by atoms with van der Waals surface area (Å²) in [5.74, 6) is -0.407. The van der Waals surface area contributed by atoms with Crippen molar-refractivity contribution in [3.8, 4) is 0 Å². The third-order valence-corrected chi connectivity index (χ3v) is 4.82. The van der Waals surface area contributed by atoms with Crippen LogP contribution in [0.3, 0.4) is 0 Å². The van der Waals surface area contributed by atoms with Crippen molar-refractivity contribution in [2.45, 2.75) is 25.0 Å². The molecule has 1 aliphatic rings. The summed E-state index contributed by atoms with van der Waals surface area (Å²) in [7, 11) is 0. The molecule has 0 saturated carbocycles. The van der Waals surface area contributed by atoms with Gasteiger partial charge < -0.3 is 15.4 Å². The van der Waals surface area contributed by atoms with Crippen LogP contribution in [0.4, 0.5) is 9.18 Å². The normalized spacial score (nSPS) is 16.5. The largest absolute Gasteiger partial charge is 0.445 e. The van der Waals surface area contributed by atoms with Gasteiger partial charge in [-0.2, -0.15) is 0 Å². The zero-order chi connectivity index (χ0) is 17.9. The number of hydrogen-bond acceptors (Lipinski definition) is 3. The molecule has 4 nitrogen and oxygen atoms in total. The molecule has 0 spiro atoms. The molecule has 0 aliphatic carbocycles. The Morgan fingerprint density at radius 1 is 1.20 bits per heavy atom. The Hall–Kier alpha value is -2.11. The molecule has 1 saturated heterocycles. The zero-order valence-electron chi connectivity index (χ0n) is 13.8. The molecule has 0 unspecified atom stereocenters. The summed E-state index contributed by atoms with van der Waals surface area (Å²) in [6, 6.07) is 14.0. The lowest BCUT2D eigenvalue weighted by atomic mass is 9.81. The first-order valence-corrected chi connectivity index (χ1v) is 8.56. The Kier molecular flexibility index (Phi) is 5.25. The monoisotopic (exact) mass is 362 g/mol. The van der Waals surface area contributed by atoms with E-state index in [1.807, 2.05) is 30.3 Å². The average Bonchev–Trinajstić information content (AvgIpc) is 2.61. The van der Waals surface area contributed by atoms with E-state index in [0.717, 1.165) is 5.56 Å². The molecule has 3 rings (SSSR count). The van der Waals surface area contributed by atoms with E-state index in [4.69, 9.17) is 22.1 Å². The fourth-order valence-electron chi connectivity index (χ4n) is 3.06. The van der Waals surface area contributed by atoms with Gasteiger partial charge in [-0.1, -0.05) is 48.0 Å². The number of hydrogen-bond donors (Lipinski definition) is 1. The third kappa shape index (κ3) is 4.11. The minimum Gasteiger partial charge on any atom is -0.445 e. The number of ether oxygens (including phenoxy) is 1. The van der Waals surface area contributed by atoms with Gasteiger partial charge in [-0.3, -0.25) is 0 Å². The van der Waals surface area contributed by atoms with Gasteiger partial charge in [0.2, 0.25) is 0 Å². The summed E-state index contributed by atoms with van der Waals surface area (Å²) in [5, 5.41) is 0.340. The molecule has 1 amide bonds. The maximum Gasteiger partial charge on any atom is 0.410 e. The fraction of sp³-hybridized carbons (Fsp3) is 0.316. The zero-order valence-corrected chi connectivity index (χ0v) is 14.5. The lowest BCUT2D eigenvalue weighted by Gasteiger charge is -2.39. The van der Waals surface area contributed by atoms with Crippen molar-refractivity contribution in [3.05, 3.63) is 70.5 Å². The Labute approximate surface area is 151 Å². The maximum atomic E-state index is 14.2. The standard InChI is InChI=1S/C19H20ClFN2O2/c20-15-6-7-16(17(21)12-15)19(22)8-10-23(11-9-19)18(24)25-13-14-4-2-1-3-5-14/h1-7,12H,8-11,13,22H2. The summed E-state index contributed by atoms with van der Waals surface area (Å²) < 4.78 is 19.5. The van der Waals surface area contributed by atoms with Gasteiger partial charge in [0.15, 0.2) is 0 Å². The van der Waals surface area contributed by atoms with Gasteiger partial charge in [0.1, 0.15) is 12.4 Å². The summed E-state index contributed by atoms with van der Waals surface area (Å²) in [4.78, 5) is 13.8. The average molecular weight is 363 g/mol. The SMILES string of the molecule is NC1(c2ccc(Cl)cc2F)CCN(C(=O)OCc2ccccc2)CC1. The number of nitrogens with two attached hydrogens (primary N) is 1. The van der Waals surface area contributed by atoms with E-state index < -0.39 is 11.4 Å². The molecule has 6 heteroatoms. The minimum absolute atomic E-state index is 0.232. The highest BCUT2D eigenvalue weighted by Crippen LogP contribution is 2.33. The summed E-state index contributed by atoms with van der Waals surface area (Å²) in [5.41, 5.74) is 6.97. The minimum atomic E-state index is -0.801. The summed E-state index contributed by atoms with van der Waals surface area (Å²) in [6.45, 7) is 1.08. The van der Waals surface area contributed by atoms with Crippen molar-refractivity contribution in [1.29, 1.82) is 0 Å². The lowest BCUT2D eigenvalue weighted by molar-refractivity contribution is 0.0775. The van der Waals surface area contributed by atoms with Crippen LogP contribution < -0.4 is 5.73 Å². The van der Waals surface area contributed by atoms with Crippen LogP contribution in [0, 0.1) is 5.82 Å². The molecule has 0 radical (unpaired) electrons. The maximum absolute atomic E-state index is 14.2. The van der Waals surface area contributed by atoms with Gasteiger partial charge in [0.05, 0.1) is 0 Å². The van der Waals surface area contributed by atoms with Crippen LogP contribution in [0.2, 0.25) is 5.02 Å². The van der Waals surface area contributed by atoms with E-state index in [9.17, 15) is 9.18 Å². The third-order valence-electron chi connectivity index (χ3n) is 4.59. The number of nitrogens with zero attached hydrogens (tertiary/aromatic N) is 1. The molecular weight excluding hydrogens is 343 g/mol. The van der Waals surface area contributed by atoms with Crippen LogP contribution >= 0.6 is 11.6 Å². The Morgan fingerprint density at radius 2 is 1.88 bits per heavy atom. The number of carbonyl (C=O) groups excluding carboxylic acids is 1. The highest BCUT2D eigenvalue weighted by atomic mass is 35.5. The summed E-state index contributed by atoms with van der Waals surface area (Å²) >= 11 is 5.80. The Balaban J connectivity index is 1.58. The number of amides is 1. The highest BCUT2D eigenvalue weighted by Gasteiger charge is 2.36. The molecule has 0 aromatic heterocycles. The van der Waals surface area contributed by atoms with Crippen molar-refractivity contribution in [2.75, 3.05) is 13.1 Å².